The van der Waals surface area contributed by atoms with Crippen molar-refractivity contribution in [1.29, 1.82) is 0 Å². The number of sulfone groups is 1. The summed E-state index contributed by atoms with van der Waals surface area (Å²) in [6.45, 7) is 0. The van der Waals surface area contributed by atoms with Crippen LogP contribution in [0.5, 0.6) is 0 Å². The smallest absolute Gasteiger partial charge is 0.354 e. The Labute approximate surface area is 150 Å². The number of rotatable bonds is 1. The minimum absolute atomic E-state index is 0.00482. The molecule has 0 atom stereocenters. The quantitative estimate of drug-likeness (QED) is 0.478. The van der Waals surface area contributed by atoms with E-state index in [1.807, 2.05) is 0 Å². The Morgan fingerprint density at radius 2 is 1.88 bits per heavy atom. The van der Waals surface area contributed by atoms with E-state index >= 15 is 0 Å². The van der Waals surface area contributed by atoms with Crippen LogP contribution in [0.15, 0.2) is 55.5 Å². The number of nitrogens with one attached hydrogen (secondary N) is 1. The van der Waals surface area contributed by atoms with Crippen molar-refractivity contribution in [3.63, 3.8) is 0 Å². The van der Waals surface area contributed by atoms with Crippen LogP contribution in [0.3, 0.4) is 0 Å². The van der Waals surface area contributed by atoms with Crippen molar-refractivity contribution >= 4 is 42.6 Å². The SMILES string of the molecule is COC(=O)c1cc(=O)c2c3c(cc(Br)c2[nH]1)S(=O)(=O)c1ccccc1-3. The van der Waals surface area contributed by atoms with Crippen LogP contribution < -0.4 is 5.43 Å². The molecule has 0 fully saturated rings. The number of esters is 1. The Bertz CT molecular complexity index is 1240. The molecule has 126 valence electrons. The molecule has 2 aromatic carbocycles. The average molecular weight is 420 g/mol. The molecule has 0 bridgehead atoms. The van der Waals surface area contributed by atoms with Crippen molar-refractivity contribution in [1.82, 2.24) is 4.98 Å². The molecule has 4 rings (SSSR count). The fourth-order valence-electron chi connectivity index (χ4n) is 3.09. The lowest BCUT2D eigenvalue weighted by molar-refractivity contribution is 0.0594. The summed E-state index contributed by atoms with van der Waals surface area (Å²) in [6.07, 6.45) is 0. The number of H-pyrrole nitrogens is 1. The largest absolute Gasteiger partial charge is 0.464 e. The number of fused-ring (bicyclic) bond motifs is 5. The van der Waals surface area contributed by atoms with Gasteiger partial charge < -0.3 is 9.72 Å². The summed E-state index contributed by atoms with van der Waals surface area (Å²) in [4.78, 5) is 27.6. The van der Waals surface area contributed by atoms with Gasteiger partial charge in [-0.1, -0.05) is 18.2 Å². The van der Waals surface area contributed by atoms with E-state index in [2.05, 4.69) is 25.7 Å². The molecule has 0 saturated carbocycles. The van der Waals surface area contributed by atoms with Crippen molar-refractivity contribution in [3.8, 4) is 11.1 Å². The predicted octanol–water partition coefficient (Wildman–Crippen LogP) is 2.89. The second-order valence-corrected chi connectivity index (χ2v) is 8.26. The van der Waals surface area contributed by atoms with Gasteiger partial charge >= 0.3 is 5.97 Å². The zero-order valence-corrected chi connectivity index (χ0v) is 15.2. The van der Waals surface area contributed by atoms with Gasteiger partial charge in [0.1, 0.15) is 5.69 Å². The molecular formula is C17H10BrNO5S. The summed E-state index contributed by atoms with van der Waals surface area (Å²) in [5.74, 6) is -0.681. The first-order valence-electron chi connectivity index (χ1n) is 7.18. The topological polar surface area (TPSA) is 93.3 Å². The molecule has 3 aromatic rings. The maximum absolute atomic E-state index is 12.8. The monoisotopic (exact) mass is 419 g/mol. The third-order valence-electron chi connectivity index (χ3n) is 4.17. The molecular weight excluding hydrogens is 410 g/mol. The summed E-state index contributed by atoms with van der Waals surface area (Å²) in [6, 6.07) is 9.10. The zero-order chi connectivity index (χ0) is 17.9. The molecule has 0 spiro atoms. The summed E-state index contributed by atoms with van der Waals surface area (Å²) in [5.41, 5.74) is 0.713. The number of aromatic amines is 1. The molecule has 0 unspecified atom stereocenters. The van der Waals surface area contributed by atoms with Crippen LogP contribution in [0.25, 0.3) is 22.0 Å². The molecule has 0 radical (unpaired) electrons. The van der Waals surface area contributed by atoms with Gasteiger partial charge in [-0.3, -0.25) is 4.79 Å². The van der Waals surface area contributed by atoms with Crippen molar-refractivity contribution in [2.45, 2.75) is 9.79 Å². The van der Waals surface area contributed by atoms with Gasteiger partial charge in [-0.2, -0.15) is 0 Å². The molecule has 1 N–H and O–H groups in total. The number of aromatic nitrogens is 1. The Kier molecular flexibility index (Phi) is 3.38. The van der Waals surface area contributed by atoms with Crippen LogP contribution in [-0.2, 0) is 14.6 Å². The van der Waals surface area contributed by atoms with Gasteiger partial charge in [-0.25, -0.2) is 13.2 Å². The summed E-state index contributed by atoms with van der Waals surface area (Å²) >= 11 is 3.30. The number of hydrogen-bond acceptors (Lipinski definition) is 5. The summed E-state index contributed by atoms with van der Waals surface area (Å²) < 4.78 is 30.6. The van der Waals surface area contributed by atoms with Gasteiger partial charge in [-0.15, -0.1) is 0 Å². The highest BCUT2D eigenvalue weighted by Crippen LogP contribution is 2.47. The minimum atomic E-state index is -3.70. The van der Waals surface area contributed by atoms with Crippen molar-refractivity contribution in [3.05, 3.63) is 56.8 Å². The molecule has 1 aromatic heterocycles. The van der Waals surface area contributed by atoms with E-state index in [9.17, 15) is 18.0 Å². The summed E-state index contributed by atoms with van der Waals surface area (Å²) in [7, 11) is -2.49. The highest BCUT2D eigenvalue weighted by Gasteiger charge is 2.35. The number of carbonyl (C=O) groups excluding carboxylic acids is 1. The number of halogens is 1. The average Bonchev–Trinajstić information content (AvgIpc) is 2.82. The Morgan fingerprint density at radius 1 is 1.16 bits per heavy atom. The van der Waals surface area contributed by atoms with Gasteiger partial charge in [0.05, 0.1) is 27.8 Å². The normalized spacial score (nSPS) is 14.2. The highest BCUT2D eigenvalue weighted by atomic mass is 79.9. The number of ether oxygens (including phenoxy) is 1. The van der Waals surface area contributed by atoms with Gasteiger partial charge in [0.15, 0.2) is 5.43 Å². The third kappa shape index (κ3) is 2.11. The molecule has 1 aliphatic heterocycles. The van der Waals surface area contributed by atoms with Crippen molar-refractivity contribution in [2.75, 3.05) is 7.11 Å². The lowest BCUT2D eigenvalue weighted by Crippen LogP contribution is -2.12. The first kappa shape index (κ1) is 16.0. The van der Waals surface area contributed by atoms with Gasteiger partial charge in [0, 0.05) is 21.7 Å². The van der Waals surface area contributed by atoms with E-state index in [4.69, 9.17) is 0 Å². The van der Waals surface area contributed by atoms with E-state index in [1.54, 1.807) is 18.2 Å². The Balaban J connectivity index is 2.22. The maximum Gasteiger partial charge on any atom is 0.354 e. The van der Waals surface area contributed by atoms with Gasteiger partial charge in [0.2, 0.25) is 9.84 Å². The molecule has 25 heavy (non-hydrogen) atoms. The zero-order valence-electron chi connectivity index (χ0n) is 12.8. The predicted molar refractivity (Wildman–Crippen MR) is 94.5 cm³/mol. The van der Waals surface area contributed by atoms with Crippen LogP contribution >= 0.6 is 15.9 Å². The molecule has 0 amide bonds. The van der Waals surface area contributed by atoms with Crippen LogP contribution in [0.1, 0.15) is 10.5 Å². The second-order valence-electron chi connectivity index (χ2n) is 5.52. The van der Waals surface area contributed by atoms with E-state index in [0.717, 1.165) is 6.07 Å². The van der Waals surface area contributed by atoms with Crippen LogP contribution in [-0.4, -0.2) is 26.5 Å². The standard InChI is InChI=1S/C17H10BrNO5S/c1-24-17(21)10-7-11(20)15-14-8-4-2-3-5-12(8)25(22,23)13(14)6-9(18)16(15)19-10/h2-7H,1H3,(H,19,20). The minimum Gasteiger partial charge on any atom is -0.464 e. The number of carbonyl (C=O) groups is 1. The van der Waals surface area contributed by atoms with E-state index in [0.29, 0.717) is 21.1 Å². The number of pyridine rings is 1. The second kappa shape index (κ2) is 5.27. The lowest BCUT2D eigenvalue weighted by atomic mass is 10.00. The number of benzene rings is 2. The van der Waals surface area contributed by atoms with E-state index in [1.165, 1.54) is 19.2 Å². The van der Waals surface area contributed by atoms with Gasteiger partial charge in [0.25, 0.3) is 0 Å². The fourth-order valence-corrected chi connectivity index (χ4v) is 5.48. The van der Waals surface area contributed by atoms with Crippen LogP contribution in [0, 0.1) is 0 Å². The summed E-state index contributed by atoms with van der Waals surface area (Å²) in [5, 5.41) is 0.213. The molecule has 0 saturated heterocycles. The van der Waals surface area contributed by atoms with E-state index < -0.39 is 21.2 Å². The first-order valence-corrected chi connectivity index (χ1v) is 9.46. The van der Waals surface area contributed by atoms with Crippen molar-refractivity contribution < 1.29 is 17.9 Å². The lowest BCUT2D eigenvalue weighted by Gasteiger charge is -2.09. The fraction of sp³-hybridized carbons (Fsp3) is 0.0588. The molecule has 6 nitrogen and oxygen atoms in total. The molecule has 0 aliphatic carbocycles. The Morgan fingerprint density at radius 3 is 2.60 bits per heavy atom. The molecule has 1 aliphatic rings. The molecule has 2 heterocycles. The number of methoxy groups -OCH3 is 1. The maximum atomic E-state index is 12.8. The first-order chi connectivity index (χ1) is 11.9. The Hall–Kier alpha value is -2.45. The third-order valence-corrected chi connectivity index (χ3v) is 6.63. The molecule has 8 heteroatoms. The highest BCUT2D eigenvalue weighted by molar-refractivity contribution is 9.10. The van der Waals surface area contributed by atoms with Gasteiger partial charge in [-0.05, 0) is 28.1 Å². The number of hydrogen-bond donors (Lipinski definition) is 1. The van der Waals surface area contributed by atoms with Crippen molar-refractivity contribution in [2.24, 2.45) is 0 Å². The van der Waals surface area contributed by atoms with Crippen LogP contribution in [0.2, 0.25) is 0 Å². The van der Waals surface area contributed by atoms with Crippen LogP contribution in [0.4, 0.5) is 0 Å². The van der Waals surface area contributed by atoms with E-state index in [-0.39, 0.29) is 20.9 Å².